The van der Waals surface area contributed by atoms with Gasteiger partial charge < -0.3 is 19.8 Å². The summed E-state index contributed by atoms with van der Waals surface area (Å²) in [6, 6.07) is 8.33. The lowest BCUT2D eigenvalue weighted by Gasteiger charge is -2.28. The third kappa shape index (κ3) is 2.79. The van der Waals surface area contributed by atoms with E-state index in [2.05, 4.69) is 0 Å². The van der Waals surface area contributed by atoms with Crippen LogP contribution >= 0.6 is 7.60 Å². The van der Waals surface area contributed by atoms with Gasteiger partial charge in [0.1, 0.15) is 0 Å². The molecule has 23 heavy (non-hydrogen) atoms. The minimum atomic E-state index is -4.30. The number of carboxylic acids is 2. The minimum absolute atomic E-state index is 0.363. The van der Waals surface area contributed by atoms with Crippen molar-refractivity contribution in [2.75, 3.05) is 6.61 Å². The molecule has 1 aromatic carbocycles. The second-order valence-electron chi connectivity index (χ2n) is 5.73. The molecule has 1 aromatic rings. The highest BCUT2D eigenvalue weighted by Crippen LogP contribution is 2.61. The molecule has 0 aromatic heterocycles. The molecule has 3 N–H and O–H groups in total. The van der Waals surface area contributed by atoms with E-state index >= 15 is 0 Å². The summed E-state index contributed by atoms with van der Waals surface area (Å²) in [5.41, 5.74) is -1.59. The van der Waals surface area contributed by atoms with Crippen molar-refractivity contribution in [2.24, 2.45) is 11.8 Å². The highest BCUT2D eigenvalue weighted by molar-refractivity contribution is 7.52. The summed E-state index contributed by atoms with van der Waals surface area (Å²) < 4.78 is 22.6. The van der Waals surface area contributed by atoms with Gasteiger partial charge in [-0.25, -0.2) is 4.79 Å². The van der Waals surface area contributed by atoms with Gasteiger partial charge in [0.25, 0.3) is 0 Å². The lowest BCUT2D eigenvalue weighted by atomic mass is 9.98. The smallest absolute Gasteiger partial charge is 0.339 e. The molecule has 0 bridgehead atoms. The SMILES string of the molecule is O=C(O)C1C2OCC(OP(=O)(O)Cc3ccccc3)(C(=O)O)C21. The average Bonchev–Trinajstić information content (AvgIpc) is 3.09. The minimum Gasteiger partial charge on any atom is -0.481 e. The third-order valence-electron chi connectivity index (χ3n) is 4.16. The molecule has 3 rings (SSSR count). The number of ether oxygens (including phenoxy) is 1. The Hall–Kier alpha value is -1.73. The predicted molar refractivity (Wildman–Crippen MR) is 75.8 cm³/mol. The van der Waals surface area contributed by atoms with Crippen LogP contribution in [0, 0.1) is 11.8 Å². The van der Waals surface area contributed by atoms with E-state index in [9.17, 15) is 24.2 Å². The molecule has 0 spiro atoms. The Morgan fingerprint density at radius 1 is 1.30 bits per heavy atom. The van der Waals surface area contributed by atoms with Crippen molar-refractivity contribution in [1.82, 2.24) is 0 Å². The monoisotopic (exact) mass is 342 g/mol. The molecule has 5 unspecified atom stereocenters. The molecule has 1 aliphatic carbocycles. The third-order valence-corrected chi connectivity index (χ3v) is 5.54. The highest BCUT2D eigenvalue weighted by Gasteiger charge is 2.75. The van der Waals surface area contributed by atoms with Crippen molar-refractivity contribution in [3.8, 4) is 0 Å². The second-order valence-corrected chi connectivity index (χ2v) is 7.51. The zero-order valence-corrected chi connectivity index (χ0v) is 12.8. The van der Waals surface area contributed by atoms with E-state index in [1.807, 2.05) is 0 Å². The first kappa shape index (κ1) is 16.1. The van der Waals surface area contributed by atoms with Gasteiger partial charge in [0, 0.05) is 5.92 Å². The highest BCUT2D eigenvalue weighted by atomic mass is 31.2. The van der Waals surface area contributed by atoms with Crippen LogP contribution in [-0.2, 0) is 29.6 Å². The summed E-state index contributed by atoms with van der Waals surface area (Å²) >= 11 is 0. The van der Waals surface area contributed by atoms with Crippen LogP contribution in [0.15, 0.2) is 30.3 Å². The molecule has 1 saturated heterocycles. The summed E-state index contributed by atoms with van der Waals surface area (Å²) in [4.78, 5) is 32.8. The first-order valence-electron chi connectivity index (χ1n) is 6.91. The van der Waals surface area contributed by atoms with Gasteiger partial charge in [-0.15, -0.1) is 0 Å². The molecule has 9 heteroatoms. The maximum absolute atomic E-state index is 12.4. The van der Waals surface area contributed by atoms with Gasteiger partial charge in [-0.2, -0.15) is 0 Å². The van der Waals surface area contributed by atoms with Crippen molar-refractivity contribution in [3.63, 3.8) is 0 Å². The standard InChI is InChI=1S/C14H15O8P/c15-12(16)9-10-11(9)21-7-14(10,13(17)18)22-23(19,20)6-8-4-2-1-3-5-8/h1-5,9-11H,6-7H2,(H,15,16)(H,17,18)(H,19,20). The lowest BCUT2D eigenvalue weighted by Crippen LogP contribution is -2.46. The van der Waals surface area contributed by atoms with E-state index in [4.69, 9.17) is 14.4 Å². The topological polar surface area (TPSA) is 130 Å². The van der Waals surface area contributed by atoms with E-state index in [1.54, 1.807) is 30.3 Å². The number of benzene rings is 1. The number of fused-ring (bicyclic) bond motifs is 1. The van der Waals surface area contributed by atoms with Crippen LogP contribution in [0.5, 0.6) is 0 Å². The summed E-state index contributed by atoms with van der Waals surface area (Å²) in [5, 5.41) is 18.5. The first-order valence-corrected chi connectivity index (χ1v) is 8.67. The Balaban J connectivity index is 1.82. The molecule has 5 atom stereocenters. The van der Waals surface area contributed by atoms with Crippen molar-refractivity contribution < 1.29 is 38.5 Å². The zero-order valence-electron chi connectivity index (χ0n) is 11.9. The van der Waals surface area contributed by atoms with Crippen molar-refractivity contribution in [2.45, 2.75) is 17.9 Å². The van der Waals surface area contributed by atoms with Crippen molar-refractivity contribution in [1.29, 1.82) is 0 Å². The summed E-state index contributed by atoms with van der Waals surface area (Å²) in [6.07, 6.45) is -1.15. The van der Waals surface area contributed by atoms with Crippen molar-refractivity contribution in [3.05, 3.63) is 35.9 Å². The van der Waals surface area contributed by atoms with Crippen LogP contribution in [0.3, 0.4) is 0 Å². The number of hydrogen-bond donors (Lipinski definition) is 3. The quantitative estimate of drug-likeness (QED) is 0.651. The van der Waals surface area contributed by atoms with Crippen LogP contribution in [0.2, 0.25) is 0 Å². The van der Waals surface area contributed by atoms with Crippen LogP contribution in [-0.4, -0.2) is 45.4 Å². The Morgan fingerprint density at radius 3 is 2.48 bits per heavy atom. The van der Waals surface area contributed by atoms with E-state index < -0.39 is 49.7 Å². The summed E-state index contributed by atoms with van der Waals surface area (Å²) in [5.74, 6) is -4.69. The van der Waals surface area contributed by atoms with Gasteiger partial charge in [0.15, 0.2) is 0 Å². The molecule has 8 nitrogen and oxygen atoms in total. The molecule has 0 amide bonds. The molecule has 0 radical (unpaired) electrons. The predicted octanol–water partition coefficient (Wildman–Crippen LogP) is 0.941. The van der Waals surface area contributed by atoms with Gasteiger partial charge in [-0.3, -0.25) is 13.9 Å². The van der Waals surface area contributed by atoms with E-state index in [-0.39, 0.29) is 6.16 Å². The zero-order chi connectivity index (χ0) is 16.8. The maximum Gasteiger partial charge on any atom is 0.339 e. The Kier molecular flexibility index (Phi) is 3.80. The number of carboxylic acid groups (broad SMARTS) is 2. The normalized spacial score (nSPS) is 34.4. The van der Waals surface area contributed by atoms with Gasteiger partial charge in [0.2, 0.25) is 5.60 Å². The average molecular weight is 342 g/mol. The molecule has 1 aliphatic heterocycles. The van der Waals surface area contributed by atoms with Gasteiger partial charge >= 0.3 is 19.5 Å². The largest absolute Gasteiger partial charge is 0.481 e. The Labute approximate surface area is 131 Å². The van der Waals surface area contributed by atoms with Gasteiger partial charge in [-0.05, 0) is 5.56 Å². The van der Waals surface area contributed by atoms with Gasteiger partial charge in [-0.1, -0.05) is 30.3 Å². The fourth-order valence-corrected chi connectivity index (χ4v) is 4.59. The molecular weight excluding hydrogens is 327 g/mol. The fourth-order valence-electron chi connectivity index (χ4n) is 3.09. The Bertz CT molecular complexity index is 689. The molecular formula is C14H15O8P. The van der Waals surface area contributed by atoms with Crippen molar-refractivity contribution >= 4 is 19.5 Å². The lowest BCUT2D eigenvalue weighted by molar-refractivity contribution is -0.161. The molecule has 2 fully saturated rings. The fraction of sp³-hybridized carbons (Fsp3) is 0.429. The van der Waals surface area contributed by atoms with E-state index in [0.29, 0.717) is 5.56 Å². The first-order chi connectivity index (χ1) is 10.8. The van der Waals surface area contributed by atoms with E-state index in [1.165, 1.54) is 0 Å². The summed E-state index contributed by atoms with van der Waals surface area (Å²) in [6.45, 7) is -0.444. The van der Waals surface area contributed by atoms with Gasteiger partial charge in [0.05, 0.1) is 24.8 Å². The molecule has 2 aliphatic rings. The number of carbonyl (C=O) groups is 2. The number of hydrogen-bond acceptors (Lipinski definition) is 5. The maximum atomic E-state index is 12.4. The summed E-state index contributed by atoms with van der Waals surface area (Å²) in [7, 11) is -4.30. The van der Waals surface area contributed by atoms with Crippen LogP contribution < -0.4 is 0 Å². The van der Waals surface area contributed by atoms with Crippen LogP contribution in [0.25, 0.3) is 0 Å². The van der Waals surface area contributed by atoms with Crippen LogP contribution in [0.1, 0.15) is 5.56 Å². The van der Waals surface area contributed by atoms with E-state index in [0.717, 1.165) is 0 Å². The number of aliphatic carboxylic acids is 2. The molecule has 124 valence electrons. The molecule has 1 saturated carbocycles. The number of rotatable bonds is 6. The second kappa shape index (κ2) is 5.42. The Morgan fingerprint density at radius 2 is 1.96 bits per heavy atom. The van der Waals surface area contributed by atoms with Crippen LogP contribution in [0.4, 0.5) is 0 Å². The molecule has 1 heterocycles.